The van der Waals surface area contributed by atoms with E-state index in [-0.39, 0.29) is 42.7 Å². The monoisotopic (exact) mass is 488 g/mol. The molecule has 0 saturated heterocycles. The molecule has 4 rings (SSSR count). The van der Waals surface area contributed by atoms with E-state index in [9.17, 15) is 14.7 Å². The number of pyridine rings is 2. The molecule has 2 aromatic heterocycles. The molecule has 0 unspecified atom stereocenters. The van der Waals surface area contributed by atoms with Crippen molar-refractivity contribution >= 4 is 11.8 Å². The maximum absolute atomic E-state index is 13.6. The van der Waals surface area contributed by atoms with Gasteiger partial charge in [0.05, 0.1) is 25.6 Å². The summed E-state index contributed by atoms with van der Waals surface area (Å²) < 4.78 is 6.32. The van der Waals surface area contributed by atoms with E-state index < -0.39 is 6.10 Å². The SMILES string of the molecule is C[C@@H]1CN([C@H](C)CO)C(=O)c2cc(-c3ccccc3)cnc2O[C@H]1CN(C)C(=O)Cc1cccnc1. The molecule has 0 bridgehead atoms. The Balaban J connectivity index is 1.62. The van der Waals surface area contributed by atoms with Crippen molar-refractivity contribution in [1.82, 2.24) is 19.8 Å². The Morgan fingerprint density at radius 2 is 1.97 bits per heavy atom. The van der Waals surface area contributed by atoms with Gasteiger partial charge in [-0.1, -0.05) is 43.3 Å². The van der Waals surface area contributed by atoms with Crippen LogP contribution in [0.2, 0.25) is 0 Å². The molecule has 3 heterocycles. The first-order valence-electron chi connectivity index (χ1n) is 12.1. The van der Waals surface area contributed by atoms with Crippen molar-refractivity contribution in [1.29, 1.82) is 0 Å². The Labute approximate surface area is 211 Å². The molecule has 0 aliphatic carbocycles. The van der Waals surface area contributed by atoms with Crippen molar-refractivity contribution in [2.24, 2.45) is 5.92 Å². The summed E-state index contributed by atoms with van der Waals surface area (Å²) in [5, 5.41) is 9.86. The van der Waals surface area contributed by atoms with Crippen molar-refractivity contribution < 1.29 is 19.4 Å². The first-order chi connectivity index (χ1) is 17.4. The molecule has 3 aromatic rings. The molecule has 0 fully saturated rings. The number of ether oxygens (including phenoxy) is 1. The van der Waals surface area contributed by atoms with E-state index in [0.717, 1.165) is 16.7 Å². The zero-order valence-electron chi connectivity index (χ0n) is 20.9. The second kappa shape index (κ2) is 11.3. The van der Waals surface area contributed by atoms with Gasteiger partial charge in [0, 0.05) is 43.7 Å². The van der Waals surface area contributed by atoms with E-state index >= 15 is 0 Å². The van der Waals surface area contributed by atoms with Crippen LogP contribution in [-0.2, 0) is 11.2 Å². The summed E-state index contributed by atoms with van der Waals surface area (Å²) in [6.07, 6.45) is 4.90. The number of amides is 2. The number of benzene rings is 1. The van der Waals surface area contributed by atoms with Crippen LogP contribution in [0.25, 0.3) is 11.1 Å². The fourth-order valence-electron chi connectivity index (χ4n) is 4.29. The van der Waals surface area contributed by atoms with Crippen LogP contribution < -0.4 is 4.74 Å². The smallest absolute Gasteiger partial charge is 0.259 e. The van der Waals surface area contributed by atoms with Gasteiger partial charge in [-0.05, 0) is 30.2 Å². The lowest BCUT2D eigenvalue weighted by Crippen LogP contribution is -2.50. The zero-order chi connectivity index (χ0) is 25.7. The van der Waals surface area contributed by atoms with Gasteiger partial charge in [-0.2, -0.15) is 0 Å². The van der Waals surface area contributed by atoms with E-state index in [1.807, 2.05) is 56.3 Å². The van der Waals surface area contributed by atoms with Crippen molar-refractivity contribution in [3.05, 3.63) is 78.2 Å². The standard InChI is InChI=1S/C28H32N4O4/c1-19-16-32(20(2)18-33)28(35)24-13-23(22-9-5-4-6-10-22)15-30-27(24)36-25(19)17-31(3)26(34)12-21-8-7-11-29-14-21/h4-11,13-15,19-20,25,33H,12,16-18H2,1-3H3/t19-,20-,25+/m1/s1. The molecule has 8 heteroatoms. The van der Waals surface area contributed by atoms with Crippen molar-refractivity contribution in [3.63, 3.8) is 0 Å². The Hall–Kier alpha value is -3.78. The van der Waals surface area contributed by atoms with Gasteiger partial charge in [0.1, 0.15) is 11.7 Å². The summed E-state index contributed by atoms with van der Waals surface area (Å²) in [5.41, 5.74) is 2.93. The average Bonchev–Trinajstić information content (AvgIpc) is 2.91. The zero-order valence-corrected chi connectivity index (χ0v) is 20.9. The first-order valence-corrected chi connectivity index (χ1v) is 12.1. The maximum Gasteiger partial charge on any atom is 0.259 e. The highest BCUT2D eigenvalue weighted by Crippen LogP contribution is 2.30. The Bertz CT molecular complexity index is 1190. The van der Waals surface area contributed by atoms with Crippen LogP contribution in [0.3, 0.4) is 0 Å². The summed E-state index contributed by atoms with van der Waals surface area (Å²) in [6, 6.07) is 14.8. The predicted octanol–water partition coefficient (Wildman–Crippen LogP) is 3.06. The fraction of sp³-hybridized carbons (Fsp3) is 0.357. The highest BCUT2D eigenvalue weighted by atomic mass is 16.5. The molecule has 0 saturated carbocycles. The topological polar surface area (TPSA) is 95.9 Å². The van der Waals surface area contributed by atoms with Gasteiger partial charge in [0.2, 0.25) is 11.8 Å². The Morgan fingerprint density at radius 1 is 1.19 bits per heavy atom. The second-order valence-corrected chi connectivity index (χ2v) is 9.38. The Kier molecular flexibility index (Phi) is 7.95. The molecule has 8 nitrogen and oxygen atoms in total. The largest absolute Gasteiger partial charge is 0.472 e. The minimum Gasteiger partial charge on any atom is -0.472 e. The van der Waals surface area contributed by atoms with Crippen LogP contribution in [-0.4, -0.2) is 75.6 Å². The van der Waals surface area contributed by atoms with Crippen LogP contribution in [0.4, 0.5) is 0 Å². The van der Waals surface area contributed by atoms with Crippen LogP contribution >= 0.6 is 0 Å². The number of carbonyl (C=O) groups is 2. The van der Waals surface area contributed by atoms with Gasteiger partial charge >= 0.3 is 0 Å². The Morgan fingerprint density at radius 3 is 2.67 bits per heavy atom. The number of aliphatic hydroxyl groups excluding tert-OH is 1. The molecule has 0 radical (unpaired) electrons. The molecular formula is C28H32N4O4. The quantitative estimate of drug-likeness (QED) is 0.549. The summed E-state index contributed by atoms with van der Waals surface area (Å²) in [6.45, 7) is 4.36. The molecule has 188 valence electrons. The summed E-state index contributed by atoms with van der Waals surface area (Å²) >= 11 is 0. The molecule has 1 aliphatic rings. The lowest BCUT2D eigenvalue weighted by Gasteiger charge is -2.37. The van der Waals surface area contributed by atoms with E-state index in [0.29, 0.717) is 18.7 Å². The minimum absolute atomic E-state index is 0.0508. The van der Waals surface area contributed by atoms with Crippen LogP contribution in [0.5, 0.6) is 5.88 Å². The molecule has 1 aromatic carbocycles. The minimum atomic E-state index is -0.400. The third-order valence-electron chi connectivity index (χ3n) is 6.59. The number of likely N-dealkylation sites (N-methyl/N-ethyl adjacent to an activating group) is 1. The van der Waals surface area contributed by atoms with Gasteiger partial charge < -0.3 is 19.6 Å². The number of aromatic nitrogens is 2. The van der Waals surface area contributed by atoms with Crippen LogP contribution in [0.1, 0.15) is 29.8 Å². The van der Waals surface area contributed by atoms with E-state index in [4.69, 9.17) is 4.74 Å². The van der Waals surface area contributed by atoms with E-state index in [2.05, 4.69) is 9.97 Å². The number of nitrogens with zero attached hydrogens (tertiary/aromatic N) is 4. The highest BCUT2D eigenvalue weighted by molar-refractivity contribution is 5.98. The van der Waals surface area contributed by atoms with Crippen LogP contribution in [0, 0.1) is 5.92 Å². The average molecular weight is 489 g/mol. The molecule has 2 amide bonds. The normalized spacial score (nSPS) is 18.4. The predicted molar refractivity (Wildman–Crippen MR) is 136 cm³/mol. The van der Waals surface area contributed by atoms with E-state index in [1.165, 1.54) is 0 Å². The number of hydrogen-bond acceptors (Lipinski definition) is 6. The number of hydrogen-bond donors (Lipinski definition) is 1. The van der Waals surface area contributed by atoms with E-state index in [1.54, 1.807) is 41.5 Å². The maximum atomic E-state index is 13.6. The van der Waals surface area contributed by atoms with Gasteiger partial charge in [0.15, 0.2) is 0 Å². The van der Waals surface area contributed by atoms with Crippen molar-refractivity contribution in [3.8, 4) is 17.0 Å². The molecule has 1 aliphatic heterocycles. The lowest BCUT2D eigenvalue weighted by molar-refractivity contribution is -0.130. The van der Waals surface area contributed by atoms with Gasteiger partial charge in [-0.25, -0.2) is 4.98 Å². The lowest BCUT2D eigenvalue weighted by atomic mass is 9.99. The molecule has 36 heavy (non-hydrogen) atoms. The molecular weight excluding hydrogens is 456 g/mol. The number of aliphatic hydroxyl groups is 1. The number of carbonyl (C=O) groups excluding carboxylic acids is 2. The molecule has 0 spiro atoms. The summed E-state index contributed by atoms with van der Waals surface area (Å²) in [7, 11) is 1.75. The van der Waals surface area contributed by atoms with Crippen LogP contribution in [0.15, 0.2) is 67.1 Å². The van der Waals surface area contributed by atoms with Crippen molar-refractivity contribution in [2.45, 2.75) is 32.4 Å². The first kappa shape index (κ1) is 25.3. The second-order valence-electron chi connectivity index (χ2n) is 9.38. The number of fused-ring (bicyclic) bond motifs is 1. The van der Waals surface area contributed by atoms with Gasteiger partial charge in [0.25, 0.3) is 5.91 Å². The van der Waals surface area contributed by atoms with Gasteiger partial charge in [-0.15, -0.1) is 0 Å². The molecule has 1 N–H and O–H groups in total. The molecule has 3 atom stereocenters. The number of rotatable bonds is 7. The summed E-state index contributed by atoms with van der Waals surface area (Å²) in [5.74, 6) is -0.159. The van der Waals surface area contributed by atoms with Crippen molar-refractivity contribution in [2.75, 3.05) is 26.7 Å². The summed E-state index contributed by atoms with van der Waals surface area (Å²) in [4.78, 5) is 38.4. The third-order valence-corrected chi connectivity index (χ3v) is 6.59. The third kappa shape index (κ3) is 5.71. The fourth-order valence-corrected chi connectivity index (χ4v) is 4.29. The van der Waals surface area contributed by atoms with Gasteiger partial charge in [-0.3, -0.25) is 14.6 Å². The highest BCUT2D eigenvalue weighted by Gasteiger charge is 2.34.